The maximum absolute atomic E-state index is 11.3. The molecule has 4 nitrogen and oxygen atoms in total. The first-order chi connectivity index (χ1) is 6.77. The maximum atomic E-state index is 11.3. The standard InChI is InChI=1S/C10H16N2O2/c1-14-10(13)9-4-2-6-12(8-9)7-3-5-11/h9H,2-4,6-8H2,1H3/t9-/m0/s1. The lowest BCUT2D eigenvalue weighted by Gasteiger charge is -2.30. The Labute approximate surface area is 84.4 Å². The minimum atomic E-state index is -0.119. The highest BCUT2D eigenvalue weighted by atomic mass is 16.5. The molecule has 0 spiro atoms. The Hall–Kier alpha value is -1.08. The van der Waals surface area contributed by atoms with Gasteiger partial charge in [-0.05, 0) is 19.4 Å². The van der Waals surface area contributed by atoms with Gasteiger partial charge in [0.05, 0.1) is 19.1 Å². The van der Waals surface area contributed by atoms with Crippen molar-refractivity contribution in [2.45, 2.75) is 19.3 Å². The van der Waals surface area contributed by atoms with Gasteiger partial charge in [-0.2, -0.15) is 5.26 Å². The molecule has 78 valence electrons. The zero-order valence-electron chi connectivity index (χ0n) is 8.53. The third-order valence-electron chi connectivity index (χ3n) is 2.58. The minimum Gasteiger partial charge on any atom is -0.469 e. The van der Waals surface area contributed by atoms with Crippen LogP contribution in [0.4, 0.5) is 0 Å². The monoisotopic (exact) mass is 196 g/mol. The van der Waals surface area contributed by atoms with Crippen LogP contribution in [0.15, 0.2) is 0 Å². The molecule has 1 fully saturated rings. The predicted molar refractivity (Wildman–Crippen MR) is 51.4 cm³/mol. The Morgan fingerprint density at radius 2 is 2.50 bits per heavy atom. The molecule has 14 heavy (non-hydrogen) atoms. The number of carbonyl (C=O) groups is 1. The summed E-state index contributed by atoms with van der Waals surface area (Å²) < 4.78 is 4.71. The van der Waals surface area contributed by atoms with Gasteiger partial charge in [-0.1, -0.05) is 0 Å². The second-order valence-electron chi connectivity index (χ2n) is 3.57. The third kappa shape index (κ3) is 3.00. The zero-order valence-corrected chi connectivity index (χ0v) is 8.53. The molecular weight excluding hydrogens is 180 g/mol. The Balaban J connectivity index is 2.36. The summed E-state index contributed by atoms with van der Waals surface area (Å²) in [6.07, 6.45) is 2.47. The number of hydrogen-bond donors (Lipinski definition) is 0. The third-order valence-corrected chi connectivity index (χ3v) is 2.58. The van der Waals surface area contributed by atoms with Crippen LogP contribution in [0.5, 0.6) is 0 Å². The Morgan fingerprint density at radius 1 is 1.71 bits per heavy atom. The molecule has 0 aromatic heterocycles. The van der Waals surface area contributed by atoms with E-state index in [0.29, 0.717) is 6.42 Å². The molecule has 4 heteroatoms. The maximum Gasteiger partial charge on any atom is 0.309 e. The molecule has 0 amide bonds. The van der Waals surface area contributed by atoms with Crippen LogP contribution in [-0.2, 0) is 9.53 Å². The van der Waals surface area contributed by atoms with E-state index in [1.165, 1.54) is 7.11 Å². The number of carbonyl (C=O) groups excluding carboxylic acids is 1. The summed E-state index contributed by atoms with van der Waals surface area (Å²) in [5, 5.41) is 8.45. The second-order valence-corrected chi connectivity index (χ2v) is 3.57. The largest absolute Gasteiger partial charge is 0.469 e. The number of methoxy groups -OCH3 is 1. The molecule has 0 aromatic carbocycles. The van der Waals surface area contributed by atoms with E-state index in [4.69, 9.17) is 10.00 Å². The van der Waals surface area contributed by atoms with Crippen LogP contribution in [0.1, 0.15) is 19.3 Å². The summed E-state index contributed by atoms with van der Waals surface area (Å²) in [7, 11) is 1.43. The average molecular weight is 196 g/mol. The summed E-state index contributed by atoms with van der Waals surface area (Å²) in [4.78, 5) is 13.4. The first-order valence-corrected chi connectivity index (χ1v) is 4.95. The van der Waals surface area contributed by atoms with Crippen molar-refractivity contribution < 1.29 is 9.53 Å². The van der Waals surface area contributed by atoms with E-state index in [9.17, 15) is 4.79 Å². The van der Waals surface area contributed by atoms with Gasteiger partial charge in [0.1, 0.15) is 0 Å². The summed E-state index contributed by atoms with van der Waals surface area (Å²) in [5.74, 6) is -0.112. The van der Waals surface area contributed by atoms with Gasteiger partial charge in [0, 0.05) is 19.5 Å². The summed E-state index contributed by atoms with van der Waals surface area (Å²) in [6.45, 7) is 2.51. The number of esters is 1. The quantitative estimate of drug-likeness (QED) is 0.626. The van der Waals surface area contributed by atoms with Crippen LogP contribution in [0, 0.1) is 17.2 Å². The number of likely N-dealkylation sites (tertiary alicyclic amines) is 1. The molecule has 1 heterocycles. The van der Waals surface area contributed by atoms with E-state index in [0.717, 1.165) is 32.5 Å². The van der Waals surface area contributed by atoms with Crippen molar-refractivity contribution in [1.29, 1.82) is 5.26 Å². The summed E-state index contributed by atoms with van der Waals surface area (Å²) in [6, 6.07) is 2.12. The molecule has 1 aliphatic rings. The summed E-state index contributed by atoms with van der Waals surface area (Å²) >= 11 is 0. The zero-order chi connectivity index (χ0) is 10.4. The molecule has 1 saturated heterocycles. The van der Waals surface area contributed by atoms with Crippen molar-refractivity contribution in [3.8, 4) is 6.07 Å². The molecular formula is C10H16N2O2. The van der Waals surface area contributed by atoms with E-state index >= 15 is 0 Å². The molecule has 0 aromatic rings. The van der Waals surface area contributed by atoms with Gasteiger partial charge in [-0.15, -0.1) is 0 Å². The highest BCUT2D eigenvalue weighted by Gasteiger charge is 2.25. The van der Waals surface area contributed by atoms with Crippen molar-refractivity contribution in [2.75, 3.05) is 26.7 Å². The molecule has 0 saturated carbocycles. The first kappa shape index (κ1) is 11.0. The van der Waals surface area contributed by atoms with Crippen molar-refractivity contribution in [1.82, 2.24) is 4.90 Å². The number of piperidine rings is 1. The van der Waals surface area contributed by atoms with E-state index < -0.39 is 0 Å². The molecule has 0 N–H and O–H groups in total. The molecule has 0 radical (unpaired) electrons. The van der Waals surface area contributed by atoms with Gasteiger partial charge in [0.15, 0.2) is 0 Å². The highest BCUT2D eigenvalue weighted by Crippen LogP contribution is 2.17. The number of rotatable bonds is 3. The van der Waals surface area contributed by atoms with E-state index in [1.54, 1.807) is 0 Å². The normalized spacial score (nSPS) is 22.7. The van der Waals surface area contributed by atoms with Gasteiger partial charge in [-0.3, -0.25) is 4.79 Å². The lowest BCUT2D eigenvalue weighted by molar-refractivity contribution is -0.147. The lowest BCUT2D eigenvalue weighted by Crippen LogP contribution is -2.39. The Bertz CT molecular complexity index is 235. The van der Waals surface area contributed by atoms with Crippen molar-refractivity contribution in [2.24, 2.45) is 5.92 Å². The lowest BCUT2D eigenvalue weighted by atomic mass is 9.98. The van der Waals surface area contributed by atoms with Crippen molar-refractivity contribution >= 4 is 5.97 Å². The van der Waals surface area contributed by atoms with Gasteiger partial charge < -0.3 is 9.64 Å². The van der Waals surface area contributed by atoms with Crippen LogP contribution < -0.4 is 0 Å². The highest BCUT2D eigenvalue weighted by molar-refractivity contribution is 5.72. The molecule has 1 aliphatic heterocycles. The fraction of sp³-hybridized carbons (Fsp3) is 0.800. The van der Waals surface area contributed by atoms with Crippen molar-refractivity contribution in [3.63, 3.8) is 0 Å². The molecule has 1 atom stereocenters. The SMILES string of the molecule is COC(=O)[C@H]1CCCN(CCC#N)C1. The number of nitriles is 1. The van der Waals surface area contributed by atoms with E-state index in [2.05, 4.69) is 11.0 Å². The number of hydrogen-bond acceptors (Lipinski definition) is 4. The fourth-order valence-corrected chi connectivity index (χ4v) is 1.83. The molecule has 0 bridgehead atoms. The van der Waals surface area contributed by atoms with Gasteiger partial charge in [0.2, 0.25) is 0 Å². The smallest absolute Gasteiger partial charge is 0.309 e. The second kappa shape index (κ2) is 5.61. The first-order valence-electron chi connectivity index (χ1n) is 4.95. The van der Waals surface area contributed by atoms with Gasteiger partial charge in [-0.25, -0.2) is 0 Å². The van der Waals surface area contributed by atoms with Crippen molar-refractivity contribution in [3.05, 3.63) is 0 Å². The number of nitrogens with zero attached hydrogens (tertiary/aromatic N) is 2. The molecule has 0 unspecified atom stereocenters. The van der Waals surface area contributed by atoms with Crippen LogP contribution >= 0.6 is 0 Å². The van der Waals surface area contributed by atoms with Crippen LogP contribution in [0.25, 0.3) is 0 Å². The molecule has 0 aliphatic carbocycles. The van der Waals surface area contributed by atoms with Crippen LogP contribution in [-0.4, -0.2) is 37.6 Å². The summed E-state index contributed by atoms with van der Waals surface area (Å²) in [5.41, 5.74) is 0. The van der Waals surface area contributed by atoms with E-state index in [-0.39, 0.29) is 11.9 Å². The topological polar surface area (TPSA) is 53.3 Å². The molecule has 1 rings (SSSR count). The Kier molecular flexibility index (Phi) is 4.41. The Morgan fingerprint density at radius 3 is 3.14 bits per heavy atom. The predicted octanol–water partition coefficient (Wildman–Crippen LogP) is 0.785. The fourth-order valence-electron chi connectivity index (χ4n) is 1.83. The van der Waals surface area contributed by atoms with Crippen LogP contribution in [0.2, 0.25) is 0 Å². The van der Waals surface area contributed by atoms with E-state index in [1.807, 2.05) is 0 Å². The van der Waals surface area contributed by atoms with Crippen LogP contribution in [0.3, 0.4) is 0 Å². The van der Waals surface area contributed by atoms with Gasteiger partial charge in [0.25, 0.3) is 0 Å². The minimum absolute atomic E-state index is 0.00689. The van der Waals surface area contributed by atoms with Gasteiger partial charge >= 0.3 is 5.97 Å². The average Bonchev–Trinajstić information content (AvgIpc) is 2.25. The number of ether oxygens (including phenoxy) is 1.